The average molecular weight is 346 g/mol. The van der Waals surface area contributed by atoms with E-state index in [1.807, 2.05) is 61.7 Å². The van der Waals surface area contributed by atoms with Crippen LogP contribution in [0.25, 0.3) is 16.6 Å². The first-order chi connectivity index (χ1) is 12.8. The van der Waals surface area contributed by atoms with Crippen molar-refractivity contribution in [2.75, 3.05) is 5.32 Å². The molecule has 130 valence electrons. The maximum atomic E-state index is 12.6. The van der Waals surface area contributed by atoms with E-state index in [4.69, 9.17) is 0 Å². The van der Waals surface area contributed by atoms with Crippen molar-refractivity contribution in [1.82, 2.24) is 25.2 Å². The van der Waals surface area contributed by atoms with E-state index in [1.54, 1.807) is 4.68 Å². The number of aromatic nitrogens is 5. The molecule has 2 aromatic carbocycles. The van der Waals surface area contributed by atoms with Crippen LogP contribution < -0.4 is 5.32 Å². The molecule has 26 heavy (non-hydrogen) atoms. The van der Waals surface area contributed by atoms with Crippen LogP contribution in [-0.4, -0.2) is 31.1 Å². The van der Waals surface area contributed by atoms with Gasteiger partial charge in [0.25, 0.3) is 0 Å². The highest BCUT2D eigenvalue weighted by atomic mass is 16.1. The molecule has 0 spiro atoms. The lowest BCUT2D eigenvalue weighted by Crippen LogP contribution is -2.16. The normalized spacial score (nSPS) is 11.0. The van der Waals surface area contributed by atoms with Crippen molar-refractivity contribution in [1.29, 1.82) is 0 Å². The molecule has 2 aromatic heterocycles. The maximum absolute atomic E-state index is 12.6. The topological polar surface area (TPSA) is 88.5 Å². The van der Waals surface area contributed by atoms with Gasteiger partial charge in [-0.05, 0) is 34.2 Å². The molecule has 0 unspecified atom stereocenters. The molecule has 2 N–H and O–H groups in total. The van der Waals surface area contributed by atoms with Crippen LogP contribution in [0.15, 0.2) is 54.7 Å². The molecule has 4 rings (SSSR count). The quantitative estimate of drug-likeness (QED) is 0.581. The standard InChI is InChI=1S/C19H18N6O/c1-2-18-22-23-24-25(18)17-10-6-5-9-16(17)21-19(26)11-13-12-20-15-8-4-3-7-14(13)15/h3-10,12,20H,2,11H2,1H3,(H,21,26). The van der Waals surface area contributed by atoms with E-state index in [-0.39, 0.29) is 12.3 Å². The predicted molar refractivity (Wildman–Crippen MR) is 99.2 cm³/mol. The number of hydrogen-bond donors (Lipinski definition) is 2. The summed E-state index contributed by atoms with van der Waals surface area (Å²) in [4.78, 5) is 15.8. The summed E-state index contributed by atoms with van der Waals surface area (Å²) < 4.78 is 1.65. The van der Waals surface area contributed by atoms with Gasteiger partial charge in [-0.1, -0.05) is 37.3 Å². The highest BCUT2D eigenvalue weighted by Gasteiger charge is 2.14. The fourth-order valence-corrected chi connectivity index (χ4v) is 3.02. The molecule has 0 fully saturated rings. The number of benzene rings is 2. The fraction of sp³-hybridized carbons (Fsp3) is 0.158. The first-order valence-electron chi connectivity index (χ1n) is 8.47. The summed E-state index contributed by atoms with van der Waals surface area (Å²) in [6.45, 7) is 1.99. The van der Waals surface area contributed by atoms with Crippen molar-refractivity contribution in [3.8, 4) is 5.69 Å². The summed E-state index contributed by atoms with van der Waals surface area (Å²) in [5.41, 5.74) is 3.42. The Balaban J connectivity index is 1.59. The van der Waals surface area contributed by atoms with E-state index in [0.717, 1.165) is 28.0 Å². The minimum absolute atomic E-state index is 0.0895. The number of nitrogens with zero attached hydrogens (tertiary/aromatic N) is 4. The minimum Gasteiger partial charge on any atom is -0.361 e. The Labute approximate surface area is 150 Å². The zero-order valence-corrected chi connectivity index (χ0v) is 14.3. The number of carbonyl (C=O) groups is 1. The zero-order chi connectivity index (χ0) is 17.9. The molecule has 0 aliphatic carbocycles. The van der Waals surface area contributed by atoms with Gasteiger partial charge in [0.1, 0.15) is 0 Å². The molecule has 4 aromatic rings. The van der Waals surface area contributed by atoms with Crippen LogP contribution in [0.3, 0.4) is 0 Å². The summed E-state index contributed by atoms with van der Waals surface area (Å²) in [6.07, 6.45) is 2.87. The molecule has 7 nitrogen and oxygen atoms in total. The zero-order valence-electron chi connectivity index (χ0n) is 14.3. The number of amides is 1. The van der Waals surface area contributed by atoms with Gasteiger partial charge in [-0.3, -0.25) is 4.79 Å². The van der Waals surface area contributed by atoms with Crippen LogP contribution >= 0.6 is 0 Å². The molecule has 0 atom stereocenters. The number of para-hydroxylation sites is 3. The molecule has 2 heterocycles. The Hall–Kier alpha value is -3.48. The monoisotopic (exact) mass is 346 g/mol. The Morgan fingerprint density at radius 1 is 1.15 bits per heavy atom. The number of hydrogen-bond acceptors (Lipinski definition) is 4. The molecule has 0 saturated heterocycles. The van der Waals surface area contributed by atoms with Gasteiger partial charge in [-0.2, -0.15) is 4.68 Å². The number of tetrazole rings is 1. The number of fused-ring (bicyclic) bond motifs is 1. The van der Waals surface area contributed by atoms with Crippen LogP contribution in [0, 0.1) is 0 Å². The lowest BCUT2D eigenvalue weighted by molar-refractivity contribution is -0.115. The summed E-state index contributed by atoms with van der Waals surface area (Å²) in [7, 11) is 0. The average Bonchev–Trinajstić information content (AvgIpc) is 3.29. The molecule has 0 aliphatic rings. The highest BCUT2D eigenvalue weighted by molar-refractivity contribution is 5.97. The van der Waals surface area contributed by atoms with E-state index in [9.17, 15) is 4.79 Å². The summed E-state index contributed by atoms with van der Waals surface area (Å²) in [5, 5.41) is 15.8. The number of aryl methyl sites for hydroxylation is 1. The van der Waals surface area contributed by atoms with Crippen LogP contribution in [0.5, 0.6) is 0 Å². The number of carbonyl (C=O) groups excluding carboxylic acids is 1. The van der Waals surface area contributed by atoms with Crippen molar-refractivity contribution in [3.63, 3.8) is 0 Å². The largest absolute Gasteiger partial charge is 0.361 e. The van der Waals surface area contributed by atoms with Crippen LogP contribution in [0.1, 0.15) is 18.3 Å². The fourth-order valence-electron chi connectivity index (χ4n) is 3.02. The molecular weight excluding hydrogens is 328 g/mol. The van der Waals surface area contributed by atoms with Gasteiger partial charge in [-0.15, -0.1) is 5.10 Å². The van der Waals surface area contributed by atoms with Crippen LogP contribution in [0.2, 0.25) is 0 Å². The van der Waals surface area contributed by atoms with E-state index in [1.165, 1.54) is 0 Å². The molecule has 1 amide bonds. The second-order valence-electron chi connectivity index (χ2n) is 5.96. The van der Waals surface area contributed by atoms with Gasteiger partial charge < -0.3 is 10.3 Å². The van der Waals surface area contributed by atoms with Gasteiger partial charge >= 0.3 is 0 Å². The molecular formula is C19H18N6O. The minimum atomic E-state index is -0.0895. The smallest absolute Gasteiger partial charge is 0.228 e. The summed E-state index contributed by atoms with van der Waals surface area (Å²) in [5.74, 6) is 0.650. The van der Waals surface area contributed by atoms with Gasteiger partial charge in [-0.25, -0.2) is 0 Å². The van der Waals surface area contributed by atoms with Gasteiger partial charge in [0.2, 0.25) is 5.91 Å². The number of anilines is 1. The lowest BCUT2D eigenvalue weighted by atomic mass is 10.1. The SMILES string of the molecule is CCc1nnnn1-c1ccccc1NC(=O)Cc1c[nH]c2ccccc12. The van der Waals surface area contributed by atoms with E-state index < -0.39 is 0 Å². The molecule has 0 radical (unpaired) electrons. The van der Waals surface area contributed by atoms with Crippen molar-refractivity contribution in [3.05, 3.63) is 66.1 Å². The second kappa shape index (κ2) is 6.79. The third kappa shape index (κ3) is 2.95. The molecule has 0 aliphatic heterocycles. The molecule has 0 bridgehead atoms. The Morgan fingerprint density at radius 2 is 1.96 bits per heavy atom. The van der Waals surface area contributed by atoms with Crippen LogP contribution in [-0.2, 0) is 17.6 Å². The molecule has 7 heteroatoms. The number of rotatable bonds is 5. The van der Waals surface area contributed by atoms with Gasteiger partial charge in [0.05, 0.1) is 17.8 Å². The predicted octanol–water partition coefficient (Wildman–Crippen LogP) is 2.89. The van der Waals surface area contributed by atoms with Gasteiger partial charge in [0, 0.05) is 23.5 Å². The Bertz CT molecular complexity index is 1060. The van der Waals surface area contributed by atoms with E-state index in [0.29, 0.717) is 12.1 Å². The number of nitrogens with one attached hydrogen (secondary N) is 2. The van der Waals surface area contributed by atoms with Crippen molar-refractivity contribution in [2.45, 2.75) is 19.8 Å². The third-order valence-corrected chi connectivity index (χ3v) is 4.28. The van der Waals surface area contributed by atoms with Crippen molar-refractivity contribution >= 4 is 22.5 Å². The maximum Gasteiger partial charge on any atom is 0.228 e. The Morgan fingerprint density at radius 3 is 2.85 bits per heavy atom. The number of aromatic amines is 1. The van der Waals surface area contributed by atoms with E-state index in [2.05, 4.69) is 25.8 Å². The lowest BCUT2D eigenvalue weighted by Gasteiger charge is -2.11. The first kappa shape index (κ1) is 16.0. The first-order valence-corrected chi connectivity index (χ1v) is 8.47. The van der Waals surface area contributed by atoms with E-state index >= 15 is 0 Å². The van der Waals surface area contributed by atoms with Gasteiger partial charge in [0.15, 0.2) is 5.82 Å². The number of H-pyrrole nitrogens is 1. The summed E-state index contributed by atoms with van der Waals surface area (Å²) >= 11 is 0. The Kier molecular flexibility index (Phi) is 4.18. The van der Waals surface area contributed by atoms with Crippen molar-refractivity contribution in [2.24, 2.45) is 0 Å². The third-order valence-electron chi connectivity index (χ3n) is 4.28. The molecule has 0 saturated carbocycles. The highest BCUT2D eigenvalue weighted by Crippen LogP contribution is 2.22. The van der Waals surface area contributed by atoms with Crippen LogP contribution in [0.4, 0.5) is 5.69 Å². The summed E-state index contributed by atoms with van der Waals surface area (Å²) in [6, 6.07) is 15.5. The van der Waals surface area contributed by atoms with Crippen molar-refractivity contribution < 1.29 is 4.79 Å². The second-order valence-corrected chi connectivity index (χ2v) is 5.96.